The second kappa shape index (κ2) is 6.77. The molecule has 1 aromatic carbocycles. The van der Waals surface area contributed by atoms with E-state index in [1.807, 2.05) is 0 Å². The molecule has 1 heterocycles. The summed E-state index contributed by atoms with van der Waals surface area (Å²) in [5, 5.41) is 0.342. The standard InChI is InChI=1S/C14H19ClN2O3S/c1-11-4-3-7-17(10-11)14(18)9-16-21(19,20)13-6-2-5-12(15)8-13/h2,5-6,8,11,16H,3-4,7,9-10H2,1H3. The highest BCUT2D eigenvalue weighted by molar-refractivity contribution is 7.89. The smallest absolute Gasteiger partial charge is 0.241 e. The Morgan fingerprint density at radius 2 is 2.24 bits per heavy atom. The van der Waals surface area contributed by atoms with Crippen molar-refractivity contribution in [2.24, 2.45) is 5.92 Å². The van der Waals surface area contributed by atoms with Crippen molar-refractivity contribution in [1.82, 2.24) is 9.62 Å². The molecule has 1 aliphatic heterocycles. The van der Waals surface area contributed by atoms with E-state index in [4.69, 9.17) is 11.6 Å². The van der Waals surface area contributed by atoms with E-state index < -0.39 is 10.0 Å². The van der Waals surface area contributed by atoms with Gasteiger partial charge in [0.25, 0.3) is 0 Å². The normalized spacial score (nSPS) is 19.5. The van der Waals surface area contributed by atoms with E-state index in [1.165, 1.54) is 12.1 Å². The molecule has 0 spiro atoms. The molecule has 1 fully saturated rings. The van der Waals surface area contributed by atoms with E-state index in [0.717, 1.165) is 12.8 Å². The molecule has 7 heteroatoms. The first kappa shape index (κ1) is 16.3. The van der Waals surface area contributed by atoms with E-state index in [2.05, 4.69) is 11.6 Å². The predicted octanol–water partition coefficient (Wildman–Crippen LogP) is 1.88. The number of nitrogens with zero attached hydrogens (tertiary/aromatic N) is 1. The number of sulfonamides is 1. The van der Waals surface area contributed by atoms with Gasteiger partial charge in [0, 0.05) is 18.1 Å². The molecule has 0 saturated carbocycles. The van der Waals surface area contributed by atoms with Crippen molar-refractivity contribution in [1.29, 1.82) is 0 Å². The molecular weight excluding hydrogens is 312 g/mol. The zero-order chi connectivity index (χ0) is 15.5. The lowest BCUT2D eigenvalue weighted by Gasteiger charge is -2.31. The third-order valence-electron chi connectivity index (χ3n) is 3.53. The number of carbonyl (C=O) groups is 1. The number of amides is 1. The van der Waals surface area contributed by atoms with Crippen LogP contribution in [0.4, 0.5) is 0 Å². The third kappa shape index (κ3) is 4.43. The summed E-state index contributed by atoms with van der Waals surface area (Å²) in [6.07, 6.45) is 2.08. The molecule has 21 heavy (non-hydrogen) atoms. The summed E-state index contributed by atoms with van der Waals surface area (Å²) in [5.74, 6) is 0.277. The SMILES string of the molecule is CC1CCCN(C(=O)CNS(=O)(=O)c2cccc(Cl)c2)C1. The summed E-state index contributed by atoms with van der Waals surface area (Å²) in [6, 6.07) is 5.96. The predicted molar refractivity (Wildman–Crippen MR) is 81.6 cm³/mol. The topological polar surface area (TPSA) is 66.5 Å². The van der Waals surface area contributed by atoms with Gasteiger partial charge in [0.05, 0.1) is 11.4 Å². The van der Waals surface area contributed by atoms with Crippen LogP contribution in [0.3, 0.4) is 0 Å². The second-order valence-electron chi connectivity index (χ2n) is 5.37. The molecule has 1 atom stereocenters. The Balaban J connectivity index is 1.97. The van der Waals surface area contributed by atoms with Crippen molar-refractivity contribution in [2.75, 3.05) is 19.6 Å². The minimum absolute atomic E-state index is 0.0646. The van der Waals surface area contributed by atoms with Crippen molar-refractivity contribution in [3.05, 3.63) is 29.3 Å². The largest absolute Gasteiger partial charge is 0.341 e. The van der Waals surface area contributed by atoms with E-state index in [9.17, 15) is 13.2 Å². The van der Waals surface area contributed by atoms with Crippen LogP contribution in [0.5, 0.6) is 0 Å². The summed E-state index contributed by atoms with van der Waals surface area (Å²) < 4.78 is 26.5. The molecule has 0 radical (unpaired) electrons. The highest BCUT2D eigenvalue weighted by Gasteiger charge is 2.22. The van der Waals surface area contributed by atoms with Gasteiger partial charge < -0.3 is 4.90 Å². The maximum atomic E-state index is 12.1. The van der Waals surface area contributed by atoms with Crippen molar-refractivity contribution in [3.63, 3.8) is 0 Å². The average molecular weight is 331 g/mol. The first-order valence-corrected chi connectivity index (χ1v) is 8.77. The highest BCUT2D eigenvalue weighted by Crippen LogP contribution is 2.16. The quantitative estimate of drug-likeness (QED) is 0.916. The molecule has 1 N–H and O–H groups in total. The minimum atomic E-state index is -3.71. The van der Waals surface area contributed by atoms with Gasteiger partial charge in [-0.1, -0.05) is 24.6 Å². The molecule has 2 rings (SSSR count). The van der Waals surface area contributed by atoms with Gasteiger partial charge in [0.15, 0.2) is 0 Å². The van der Waals surface area contributed by atoms with Gasteiger partial charge in [0.2, 0.25) is 15.9 Å². The highest BCUT2D eigenvalue weighted by atomic mass is 35.5. The maximum Gasteiger partial charge on any atom is 0.241 e. The van der Waals surface area contributed by atoms with E-state index in [1.54, 1.807) is 17.0 Å². The fourth-order valence-corrected chi connectivity index (χ4v) is 3.68. The zero-order valence-electron chi connectivity index (χ0n) is 11.9. The number of piperidine rings is 1. The lowest BCUT2D eigenvalue weighted by molar-refractivity contribution is -0.131. The number of halogens is 1. The summed E-state index contributed by atoms with van der Waals surface area (Å²) >= 11 is 5.78. The number of hydrogen-bond donors (Lipinski definition) is 1. The Morgan fingerprint density at radius 3 is 2.90 bits per heavy atom. The fraction of sp³-hybridized carbons (Fsp3) is 0.500. The lowest BCUT2D eigenvalue weighted by atomic mass is 10.0. The van der Waals surface area contributed by atoms with Crippen LogP contribution in [0.15, 0.2) is 29.2 Å². The Hall–Kier alpha value is -1.11. The molecule has 1 saturated heterocycles. The number of carbonyl (C=O) groups excluding carboxylic acids is 1. The zero-order valence-corrected chi connectivity index (χ0v) is 13.5. The molecule has 1 unspecified atom stereocenters. The van der Waals surface area contributed by atoms with Gasteiger partial charge in [0.1, 0.15) is 0 Å². The van der Waals surface area contributed by atoms with Gasteiger partial charge in [-0.3, -0.25) is 4.79 Å². The molecule has 1 aliphatic rings. The van der Waals surface area contributed by atoms with Crippen LogP contribution in [0.1, 0.15) is 19.8 Å². The van der Waals surface area contributed by atoms with Crippen molar-refractivity contribution >= 4 is 27.5 Å². The van der Waals surface area contributed by atoms with Crippen LogP contribution in [0.2, 0.25) is 5.02 Å². The van der Waals surface area contributed by atoms with Crippen LogP contribution in [-0.4, -0.2) is 38.9 Å². The van der Waals surface area contributed by atoms with Crippen LogP contribution in [0.25, 0.3) is 0 Å². The Bertz CT molecular complexity index is 618. The molecule has 1 aromatic rings. The number of hydrogen-bond acceptors (Lipinski definition) is 3. The fourth-order valence-electron chi connectivity index (χ4n) is 2.40. The Morgan fingerprint density at radius 1 is 1.48 bits per heavy atom. The molecule has 5 nitrogen and oxygen atoms in total. The molecule has 0 aromatic heterocycles. The van der Waals surface area contributed by atoms with Gasteiger partial charge in [-0.2, -0.15) is 0 Å². The van der Waals surface area contributed by atoms with Crippen LogP contribution in [-0.2, 0) is 14.8 Å². The molecule has 1 amide bonds. The summed E-state index contributed by atoms with van der Waals surface area (Å²) in [7, 11) is -3.71. The summed E-state index contributed by atoms with van der Waals surface area (Å²) in [6.45, 7) is 3.26. The average Bonchev–Trinajstić information content (AvgIpc) is 2.45. The van der Waals surface area contributed by atoms with E-state index >= 15 is 0 Å². The summed E-state index contributed by atoms with van der Waals surface area (Å²) in [4.78, 5) is 13.8. The van der Waals surface area contributed by atoms with E-state index in [0.29, 0.717) is 24.0 Å². The number of nitrogens with one attached hydrogen (secondary N) is 1. The Kier molecular flexibility index (Phi) is 5.24. The number of likely N-dealkylation sites (tertiary alicyclic amines) is 1. The molecule has 0 bridgehead atoms. The number of benzene rings is 1. The van der Waals surface area contributed by atoms with Crippen molar-refractivity contribution in [3.8, 4) is 0 Å². The monoisotopic (exact) mass is 330 g/mol. The van der Waals surface area contributed by atoms with Crippen molar-refractivity contribution in [2.45, 2.75) is 24.7 Å². The van der Waals surface area contributed by atoms with Crippen LogP contribution < -0.4 is 4.72 Å². The maximum absolute atomic E-state index is 12.1. The lowest BCUT2D eigenvalue weighted by Crippen LogP contribution is -2.44. The summed E-state index contributed by atoms with van der Waals surface area (Å²) in [5.41, 5.74) is 0. The second-order valence-corrected chi connectivity index (χ2v) is 7.57. The van der Waals surface area contributed by atoms with Gasteiger partial charge >= 0.3 is 0 Å². The first-order chi connectivity index (χ1) is 9.88. The molecule has 116 valence electrons. The van der Waals surface area contributed by atoms with Crippen LogP contribution >= 0.6 is 11.6 Å². The minimum Gasteiger partial charge on any atom is -0.341 e. The first-order valence-electron chi connectivity index (χ1n) is 6.91. The third-order valence-corrected chi connectivity index (χ3v) is 5.16. The number of rotatable bonds is 4. The molecule has 0 aliphatic carbocycles. The van der Waals surface area contributed by atoms with Crippen molar-refractivity contribution < 1.29 is 13.2 Å². The van der Waals surface area contributed by atoms with Gasteiger partial charge in [-0.05, 0) is 37.0 Å². The van der Waals surface area contributed by atoms with Gasteiger partial charge in [-0.15, -0.1) is 0 Å². The Labute approximate surface area is 130 Å². The van der Waals surface area contributed by atoms with Gasteiger partial charge in [-0.25, -0.2) is 13.1 Å². The molecular formula is C14H19ClN2O3S. The van der Waals surface area contributed by atoms with E-state index in [-0.39, 0.29) is 17.3 Å². The van der Waals surface area contributed by atoms with Crippen LogP contribution in [0, 0.1) is 5.92 Å².